The first-order valence-corrected chi connectivity index (χ1v) is 11.6. The van der Waals surface area contributed by atoms with E-state index in [1.54, 1.807) is 16.7 Å². The van der Waals surface area contributed by atoms with Crippen molar-refractivity contribution in [3.8, 4) is 5.75 Å². The number of carbonyl (C=O) groups excluding carboxylic acids is 2. The molecule has 7 nitrogen and oxygen atoms in total. The van der Waals surface area contributed by atoms with E-state index in [1.165, 1.54) is 22.6 Å². The van der Waals surface area contributed by atoms with Gasteiger partial charge in [-0.1, -0.05) is 0 Å². The summed E-state index contributed by atoms with van der Waals surface area (Å²) in [5.41, 5.74) is -0.270. The zero-order valence-corrected chi connectivity index (χ0v) is 18.7. The molecule has 4 rings (SSSR count). The van der Waals surface area contributed by atoms with Crippen molar-refractivity contribution in [3.05, 3.63) is 62.8 Å². The van der Waals surface area contributed by atoms with E-state index < -0.39 is 28.9 Å². The first kappa shape index (κ1) is 23.2. The maximum atomic E-state index is 14.2. The van der Waals surface area contributed by atoms with Gasteiger partial charge in [0.25, 0.3) is 17.4 Å². The Balaban J connectivity index is 1.67. The van der Waals surface area contributed by atoms with E-state index in [0.29, 0.717) is 30.9 Å². The topological polar surface area (TPSA) is 71.8 Å². The molecular weight excluding hydrogens is 459 g/mol. The lowest BCUT2D eigenvalue weighted by Gasteiger charge is -2.28. The van der Waals surface area contributed by atoms with Crippen LogP contribution in [0.5, 0.6) is 5.75 Å². The van der Waals surface area contributed by atoms with Crippen LogP contribution in [0.3, 0.4) is 0 Å². The third-order valence-electron chi connectivity index (χ3n) is 5.85. The number of hydrogen-bond acceptors (Lipinski definition) is 5. The van der Waals surface area contributed by atoms with E-state index in [0.717, 1.165) is 11.5 Å². The van der Waals surface area contributed by atoms with Gasteiger partial charge in [-0.15, -0.1) is 0 Å². The number of amides is 2. The fourth-order valence-electron chi connectivity index (χ4n) is 4.13. The van der Waals surface area contributed by atoms with Gasteiger partial charge in [-0.25, -0.2) is 13.2 Å². The second kappa shape index (κ2) is 9.50. The Kier molecular flexibility index (Phi) is 6.68. The number of fused-ring (bicyclic) bond motifs is 1. The number of nitrogens with zero attached hydrogens (tertiary/aromatic N) is 3. The van der Waals surface area contributed by atoms with Crippen LogP contribution in [0.2, 0.25) is 0 Å². The highest BCUT2D eigenvalue weighted by molar-refractivity contribution is 7.99. The van der Waals surface area contributed by atoms with Crippen molar-refractivity contribution in [2.75, 3.05) is 44.8 Å². The fourth-order valence-corrected chi connectivity index (χ4v) is 5.03. The van der Waals surface area contributed by atoms with Gasteiger partial charge in [0, 0.05) is 68.5 Å². The van der Waals surface area contributed by atoms with Gasteiger partial charge in [0.1, 0.15) is 17.1 Å². The van der Waals surface area contributed by atoms with E-state index in [-0.39, 0.29) is 48.8 Å². The number of rotatable bonds is 3. The van der Waals surface area contributed by atoms with Crippen molar-refractivity contribution in [1.29, 1.82) is 0 Å². The van der Waals surface area contributed by atoms with Gasteiger partial charge in [-0.05, 0) is 6.07 Å². The number of benzene rings is 1. The average Bonchev–Trinajstić information content (AvgIpc) is 3.04. The Morgan fingerprint density at radius 2 is 1.55 bits per heavy atom. The molecule has 1 aromatic carbocycles. The lowest BCUT2D eigenvalue weighted by Crippen LogP contribution is -2.39. The second-order valence-electron chi connectivity index (χ2n) is 7.72. The van der Waals surface area contributed by atoms with Crippen LogP contribution in [-0.4, -0.2) is 71.0 Å². The Bertz CT molecular complexity index is 1160. The molecule has 1 saturated heterocycles. The Hall–Kier alpha value is -2.95. The molecule has 1 fully saturated rings. The number of hydrogen-bond donors (Lipinski definition) is 0. The van der Waals surface area contributed by atoms with Gasteiger partial charge in [0.15, 0.2) is 11.6 Å². The molecule has 2 aliphatic rings. The summed E-state index contributed by atoms with van der Waals surface area (Å²) in [6.45, 7) is 1.30. The number of aromatic nitrogens is 1. The average molecular weight is 481 g/mol. The van der Waals surface area contributed by atoms with Crippen molar-refractivity contribution in [2.24, 2.45) is 0 Å². The van der Waals surface area contributed by atoms with Crippen molar-refractivity contribution in [3.63, 3.8) is 0 Å². The van der Waals surface area contributed by atoms with Gasteiger partial charge in [-0.3, -0.25) is 14.4 Å². The Morgan fingerprint density at radius 1 is 0.879 bits per heavy atom. The van der Waals surface area contributed by atoms with Crippen molar-refractivity contribution in [1.82, 2.24) is 14.4 Å². The number of methoxy groups -OCH3 is 1. The molecule has 3 heterocycles. The third kappa shape index (κ3) is 4.46. The standard InChI is InChI=1S/C22H22F3N3O4S/c1-32-18-12-19(29)28-5-4-26(21(30)13-10-15(24)16(25)11-14(13)23)3-2-17(28)20(18)22(31)27-6-8-33-9-7-27/h10-12H,2-9H2,1H3. The summed E-state index contributed by atoms with van der Waals surface area (Å²) < 4.78 is 47.8. The lowest BCUT2D eigenvalue weighted by molar-refractivity contribution is 0.0752. The van der Waals surface area contributed by atoms with Crippen LogP contribution in [0.15, 0.2) is 23.0 Å². The minimum absolute atomic E-state index is 0.0322. The molecule has 0 unspecified atom stereocenters. The quantitative estimate of drug-likeness (QED) is 0.629. The highest BCUT2D eigenvalue weighted by atomic mass is 32.2. The maximum absolute atomic E-state index is 14.2. The summed E-state index contributed by atoms with van der Waals surface area (Å²) in [4.78, 5) is 41.9. The molecule has 0 atom stereocenters. The van der Waals surface area contributed by atoms with Crippen molar-refractivity contribution in [2.45, 2.75) is 13.0 Å². The van der Waals surface area contributed by atoms with Crippen molar-refractivity contribution >= 4 is 23.6 Å². The first-order chi connectivity index (χ1) is 15.8. The molecule has 0 bridgehead atoms. The predicted octanol–water partition coefficient (Wildman–Crippen LogP) is 2.16. The highest BCUT2D eigenvalue weighted by Gasteiger charge is 2.30. The molecule has 0 radical (unpaired) electrons. The van der Waals surface area contributed by atoms with Gasteiger partial charge in [0.05, 0.1) is 12.7 Å². The smallest absolute Gasteiger partial charge is 0.259 e. The summed E-state index contributed by atoms with van der Waals surface area (Å²) in [5.74, 6) is -3.16. The van der Waals surface area contributed by atoms with E-state index in [1.807, 2.05) is 0 Å². The fraction of sp³-hybridized carbons (Fsp3) is 0.409. The minimum Gasteiger partial charge on any atom is -0.496 e. The molecule has 176 valence electrons. The van der Waals surface area contributed by atoms with Crippen LogP contribution in [0.4, 0.5) is 13.2 Å². The number of thioether (sulfide) groups is 1. The number of carbonyl (C=O) groups is 2. The van der Waals surface area contributed by atoms with Crippen LogP contribution >= 0.6 is 11.8 Å². The normalized spacial score (nSPS) is 16.2. The van der Waals surface area contributed by atoms with Crippen LogP contribution in [0.1, 0.15) is 26.4 Å². The zero-order chi connectivity index (χ0) is 23.7. The summed E-state index contributed by atoms with van der Waals surface area (Å²) >= 11 is 1.75. The zero-order valence-electron chi connectivity index (χ0n) is 17.9. The monoisotopic (exact) mass is 481 g/mol. The van der Waals surface area contributed by atoms with E-state index in [4.69, 9.17) is 4.74 Å². The molecule has 0 N–H and O–H groups in total. The summed E-state index contributed by atoms with van der Waals surface area (Å²) in [7, 11) is 1.38. The van der Waals surface area contributed by atoms with Crippen LogP contribution in [0.25, 0.3) is 0 Å². The molecule has 2 amide bonds. The SMILES string of the molecule is COc1cc(=O)n2c(c1C(=O)N1CCSCC1)CCN(C(=O)c1cc(F)c(F)cc1F)CC2. The summed E-state index contributed by atoms with van der Waals surface area (Å²) in [5, 5.41) is 0. The molecule has 0 aliphatic carbocycles. The van der Waals surface area contributed by atoms with E-state index in [9.17, 15) is 27.6 Å². The highest BCUT2D eigenvalue weighted by Crippen LogP contribution is 2.26. The molecule has 2 aromatic rings. The molecule has 0 spiro atoms. The predicted molar refractivity (Wildman–Crippen MR) is 116 cm³/mol. The lowest BCUT2D eigenvalue weighted by atomic mass is 10.1. The number of pyridine rings is 1. The molecule has 0 saturated carbocycles. The van der Waals surface area contributed by atoms with E-state index in [2.05, 4.69) is 0 Å². The van der Waals surface area contributed by atoms with Gasteiger partial charge in [-0.2, -0.15) is 11.8 Å². The van der Waals surface area contributed by atoms with Crippen LogP contribution in [0, 0.1) is 17.5 Å². The Morgan fingerprint density at radius 3 is 2.24 bits per heavy atom. The Labute approximate surface area is 192 Å². The van der Waals surface area contributed by atoms with Gasteiger partial charge >= 0.3 is 0 Å². The third-order valence-corrected chi connectivity index (χ3v) is 6.80. The largest absolute Gasteiger partial charge is 0.496 e. The molecule has 1 aromatic heterocycles. The second-order valence-corrected chi connectivity index (χ2v) is 8.94. The van der Waals surface area contributed by atoms with E-state index >= 15 is 0 Å². The van der Waals surface area contributed by atoms with Crippen LogP contribution in [-0.2, 0) is 13.0 Å². The summed E-state index contributed by atoms with van der Waals surface area (Å²) in [6, 6.07) is 2.11. The van der Waals surface area contributed by atoms with Gasteiger partial charge in [0.2, 0.25) is 0 Å². The van der Waals surface area contributed by atoms with Gasteiger partial charge < -0.3 is 19.1 Å². The maximum Gasteiger partial charge on any atom is 0.259 e. The molecule has 33 heavy (non-hydrogen) atoms. The van der Waals surface area contributed by atoms with Crippen LogP contribution < -0.4 is 10.3 Å². The molecule has 11 heteroatoms. The minimum atomic E-state index is -1.38. The number of ether oxygens (including phenoxy) is 1. The molecular formula is C22H22F3N3O4S. The number of halogens is 3. The van der Waals surface area contributed by atoms with Crippen molar-refractivity contribution < 1.29 is 27.5 Å². The summed E-state index contributed by atoms with van der Waals surface area (Å²) in [6.07, 6.45) is 0.132. The first-order valence-electron chi connectivity index (χ1n) is 10.4. The molecule has 2 aliphatic heterocycles.